The fourth-order valence-electron chi connectivity index (χ4n) is 3.68. The lowest BCUT2D eigenvalue weighted by Gasteiger charge is -2.26. The topological polar surface area (TPSA) is 102 Å². The number of hydrogen-bond acceptors (Lipinski definition) is 7. The van der Waals surface area contributed by atoms with Crippen LogP contribution in [0.4, 0.5) is 5.69 Å². The van der Waals surface area contributed by atoms with Gasteiger partial charge in [0.2, 0.25) is 0 Å². The van der Waals surface area contributed by atoms with E-state index in [1.807, 2.05) is 13.8 Å². The third kappa shape index (κ3) is 4.51. The van der Waals surface area contributed by atoms with Crippen LogP contribution in [0.5, 0.6) is 11.5 Å². The Balaban J connectivity index is 2.13. The average Bonchev–Trinajstić information content (AvgIpc) is 2.96. The minimum atomic E-state index is -3.54. The highest BCUT2D eigenvalue weighted by atomic mass is 32.2. The van der Waals surface area contributed by atoms with E-state index >= 15 is 0 Å². The summed E-state index contributed by atoms with van der Waals surface area (Å²) in [6.45, 7) is 3.85. The van der Waals surface area contributed by atoms with E-state index in [1.165, 1.54) is 14.2 Å². The Kier molecular flexibility index (Phi) is 6.26. The molecule has 0 fully saturated rings. The Morgan fingerprint density at radius 2 is 1.68 bits per heavy atom. The van der Waals surface area contributed by atoms with E-state index in [-0.39, 0.29) is 17.2 Å². The molecule has 1 unspecified atom stereocenters. The SMILES string of the molecule is COc1ccc(C(CS(C)(=O)=O)N2C(=O)c3cccc(NC(C)C)c3C2=O)cc1OC. The first-order chi connectivity index (χ1) is 14.6. The number of nitrogens with one attached hydrogen (secondary N) is 1. The number of carbonyl (C=O) groups is 2. The van der Waals surface area contributed by atoms with Crippen molar-refractivity contribution in [3.63, 3.8) is 0 Å². The van der Waals surface area contributed by atoms with Gasteiger partial charge in [0.15, 0.2) is 11.5 Å². The van der Waals surface area contributed by atoms with E-state index < -0.39 is 33.4 Å². The molecule has 0 saturated heterocycles. The van der Waals surface area contributed by atoms with Gasteiger partial charge >= 0.3 is 0 Å². The lowest BCUT2D eigenvalue weighted by atomic mass is 10.1. The van der Waals surface area contributed by atoms with E-state index in [4.69, 9.17) is 9.47 Å². The smallest absolute Gasteiger partial charge is 0.264 e. The molecular weight excluding hydrogens is 420 g/mol. The summed E-state index contributed by atoms with van der Waals surface area (Å²) < 4.78 is 35.0. The zero-order chi connectivity index (χ0) is 22.9. The summed E-state index contributed by atoms with van der Waals surface area (Å²) in [5, 5.41) is 3.18. The van der Waals surface area contributed by atoms with Gasteiger partial charge in [0.25, 0.3) is 11.8 Å². The number of methoxy groups -OCH3 is 2. The Labute approximate surface area is 182 Å². The molecule has 0 radical (unpaired) electrons. The molecule has 31 heavy (non-hydrogen) atoms. The first kappa shape index (κ1) is 22.6. The van der Waals surface area contributed by atoms with Gasteiger partial charge in [-0.25, -0.2) is 8.42 Å². The summed E-state index contributed by atoms with van der Waals surface area (Å²) >= 11 is 0. The number of amides is 2. The molecule has 2 aromatic rings. The third-order valence-electron chi connectivity index (χ3n) is 4.96. The van der Waals surface area contributed by atoms with E-state index in [0.717, 1.165) is 11.2 Å². The molecule has 2 amide bonds. The van der Waals surface area contributed by atoms with Gasteiger partial charge in [-0.05, 0) is 43.7 Å². The van der Waals surface area contributed by atoms with Gasteiger partial charge in [-0.1, -0.05) is 12.1 Å². The molecule has 0 spiro atoms. The second-order valence-corrected chi connectivity index (χ2v) is 9.91. The second-order valence-electron chi connectivity index (χ2n) is 7.73. The molecule has 1 heterocycles. The van der Waals surface area contributed by atoms with Crippen molar-refractivity contribution >= 4 is 27.3 Å². The minimum Gasteiger partial charge on any atom is -0.493 e. The Morgan fingerprint density at radius 3 is 2.26 bits per heavy atom. The van der Waals surface area contributed by atoms with Crippen LogP contribution >= 0.6 is 0 Å². The molecule has 8 nitrogen and oxygen atoms in total. The van der Waals surface area contributed by atoms with Gasteiger partial charge in [-0.2, -0.15) is 0 Å². The van der Waals surface area contributed by atoms with Crippen molar-refractivity contribution in [1.82, 2.24) is 4.90 Å². The van der Waals surface area contributed by atoms with Gasteiger partial charge in [-0.3, -0.25) is 14.5 Å². The maximum atomic E-state index is 13.4. The lowest BCUT2D eigenvalue weighted by molar-refractivity contribution is 0.0598. The van der Waals surface area contributed by atoms with E-state index in [9.17, 15) is 18.0 Å². The second kappa shape index (κ2) is 8.58. The maximum Gasteiger partial charge on any atom is 0.264 e. The molecule has 3 rings (SSSR count). The van der Waals surface area contributed by atoms with E-state index in [0.29, 0.717) is 22.7 Å². The van der Waals surface area contributed by atoms with Gasteiger partial charge in [-0.15, -0.1) is 0 Å². The number of benzene rings is 2. The highest BCUT2D eigenvalue weighted by Crippen LogP contribution is 2.38. The zero-order valence-corrected chi connectivity index (χ0v) is 18.9. The fourth-order valence-corrected chi connectivity index (χ4v) is 4.60. The van der Waals surface area contributed by atoms with Crippen molar-refractivity contribution in [3.05, 3.63) is 53.1 Å². The number of sulfone groups is 1. The van der Waals surface area contributed by atoms with Crippen molar-refractivity contribution in [2.75, 3.05) is 31.5 Å². The summed E-state index contributed by atoms with van der Waals surface area (Å²) in [4.78, 5) is 27.7. The van der Waals surface area contributed by atoms with Crippen molar-refractivity contribution in [2.24, 2.45) is 0 Å². The molecule has 1 N–H and O–H groups in total. The number of ether oxygens (including phenoxy) is 2. The van der Waals surface area contributed by atoms with Gasteiger partial charge in [0.1, 0.15) is 9.84 Å². The maximum absolute atomic E-state index is 13.4. The van der Waals surface area contributed by atoms with Crippen LogP contribution in [0.1, 0.15) is 46.2 Å². The van der Waals surface area contributed by atoms with Crippen LogP contribution in [-0.4, -0.2) is 57.4 Å². The molecule has 2 aromatic carbocycles. The molecule has 166 valence electrons. The molecule has 1 aliphatic heterocycles. The quantitative estimate of drug-likeness (QED) is 0.622. The normalized spacial score (nSPS) is 14.6. The van der Waals surface area contributed by atoms with Crippen LogP contribution < -0.4 is 14.8 Å². The molecule has 0 bridgehead atoms. The Hall–Kier alpha value is -3.07. The molecule has 0 saturated carbocycles. The lowest BCUT2D eigenvalue weighted by Crippen LogP contribution is -2.37. The van der Waals surface area contributed by atoms with E-state index in [2.05, 4.69) is 5.32 Å². The summed E-state index contributed by atoms with van der Waals surface area (Å²) in [5.41, 5.74) is 1.49. The predicted molar refractivity (Wildman–Crippen MR) is 118 cm³/mol. The number of imide groups is 1. The van der Waals surface area contributed by atoms with Crippen molar-refractivity contribution in [1.29, 1.82) is 0 Å². The van der Waals surface area contributed by atoms with Gasteiger partial charge < -0.3 is 14.8 Å². The Morgan fingerprint density at radius 1 is 1.00 bits per heavy atom. The zero-order valence-electron chi connectivity index (χ0n) is 18.1. The molecule has 0 aromatic heterocycles. The number of anilines is 1. The van der Waals surface area contributed by atoms with E-state index in [1.54, 1.807) is 36.4 Å². The molecule has 0 aliphatic carbocycles. The summed E-state index contributed by atoms with van der Waals surface area (Å²) in [5.74, 6) is -0.656. The highest BCUT2D eigenvalue weighted by Gasteiger charge is 2.43. The number of hydrogen-bond donors (Lipinski definition) is 1. The Bertz CT molecular complexity index is 1130. The number of nitrogens with zero attached hydrogens (tertiary/aromatic N) is 1. The van der Waals surface area contributed by atoms with Crippen LogP contribution in [0.3, 0.4) is 0 Å². The molecule has 1 aliphatic rings. The van der Waals surface area contributed by atoms with Gasteiger partial charge in [0.05, 0.1) is 37.1 Å². The van der Waals surface area contributed by atoms with Crippen LogP contribution in [0.15, 0.2) is 36.4 Å². The first-order valence-electron chi connectivity index (χ1n) is 9.74. The minimum absolute atomic E-state index is 0.0427. The van der Waals surface area contributed by atoms with Crippen LogP contribution in [0, 0.1) is 0 Å². The summed E-state index contributed by atoms with van der Waals surface area (Å²) in [7, 11) is -0.599. The number of rotatable bonds is 8. The highest BCUT2D eigenvalue weighted by molar-refractivity contribution is 7.90. The molecule has 9 heteroatoms. The average molecular weight is 447 g/mol. The molecular formula is C22H26N2O6S. The van der Waals surface area contributed by atoms with Crippen molar-refractivity contribution < 1.29 is 27.5 Å². The fraction of sp³-hybridized carbons (Fsp3) is 0.364. The first-order valence-corrected chi connectivity index (χ1v) is 11.8. The summed E-state index contributed by atoms with van der Waals surface area (Å²) in [6.07, 6.45) is 1.07. The third-order valence-corrected chi connectivity index (χ3v) is 5.88. The van der Waals surface area contributed by atoms with Crippen LogP contribution in [0.25, 0.3) is 0 Å². The van der Waals surface area contributed by atoms with Crippen LogP contribution in [-0.2, 0) is 9.84 Å². The van der Waals surface area contributed by atoms with Crippen LogP contribution in [0.2, 0.25) is 0 Å². The number of fused-ring (bicyclic) bond motifs is 1. The van der Waals surface area contributed by atoms with Gasteiger partial charge in [0, 0.05) is 18.0 Å². The largest absolute Gasteiger partial charge is 0.493 e. The predicted octanol–water partition coefficient (Wildman–Crippen LogP) is 2.91. The molecule has 1 atom stereocenters. The number of carbonyl (C=O) groups excluding carboxylic acids is 2. The van der Waals surface area contributed by atoms with Crippen molar-refractivity contribution in [2.45, 2.75) is 25.9 Å². The summed E-state index contributed by atoms with van der Waals surface area (Å²) in [6, 6.07) is 8.87. The van der Waals surface area contributed by atoms with Crippen molar-refractivity contribution in [3.8, 4) is 11.5 Å². The monoisotopic (exact) mass is 446 g/mol. The standard InChI is InChI=1S/C22H26N2O6S/c1-13(2)23-16-8-6-7-15-20(16)22(26)24(21(15)25)17(12-31(5,27)28)14-9-10-18(29-3)19(11-14)30-4/h6-11,13,17,23H,12H2,1-5H3.